The number of aliphatic hydroxyl groups excluding tert-OH is 2. The minimum Gasteiger partial charge on any atom is -0.497 e. The van der Waals surface area contributed by atoms with Crippen LogP contribution in [0.5, 0.6) is 11.5 Å². The molecule has 3 aromatic rings. The minimum atomic E-state index is -1.22. The molecule has 2 aromatic carbocycles. The molecule has 1 fully saturated rings. The van der Waals surface area contributed by atoms with E-state index in [1.807, 2.05) is 75.4 Å². The van der Waals surface area contributed by atoms with E-state index in [9.17, 15) is 14.7 Å². The number of methoxy groups -OCH3 is 2. The molecule has 0 bridgehead atoms. The number of amides is 2. The van der Waals surface area contributed by atoms with Crippen molar-refractivity contribution in [2.24, 2.45) is 5.41 Å². The van der Waals surface area contributed by atoms with Crippen molar-refractivity contribution in [2.75, 3.05) is 54.2 Å². The van der Waals surface area contributed by atoms with Crippen LogP contribution >= 0.6 is 0 Å². The molecule has 54 heavy (non-hydrogen) atoms. The predicted molar refractivity (Wildman–Crippen MR) is 206 cm³/mol. The summed E-state index contributed by atoms with van der Waals surface area (Å²) in [6.45, 7) is 12.8. The number of nitrogens with zero attached hydrogens (tertiary/aromatic N) is 1. The highest BCUT2D eigenvalue weighted by Gasteiger charge is 2.31. The van der Waals surface area contributed by atoms with E-state index in [1.165, 1.54) is 25.5 Å². The average Bonchev–Trinajstić information content (AvgIpc) is 3.90. The third kappa shape index (κ3) is 24.5. The Hall–Kier alpha value is -4.67. The third-order valence-corrected chi connectivity index (χ3v) is 7.07. The lowest BCUT2D eigenvalue weighted by Crippen LogP contribution is -2.56. The number of aryl methyl sites for hydroxylation is 1. The SMILES string of the molecule is C1CCOC1.CCO.CNC(C(=O)NN(Cc1ccc(OCc2ccoc2)cc1)CC(O)CNC(=O)O)C(C)(C)C.COC=O.COc1ccc(C)cc1. The van der Waals surface area contributed by atoms with Gasteiger partial charge in [-0.2, -0.15) is 0 Å². The van der Waals surface area contributed by atoms with Gasteiger partial charge < -0.3 is 49.3 Å². The molecular weight excluding hydrogens is 700 g/mol. The van der Waals surface area contributed by atoms with Gasteiger partial charge in [0.15, 0.2) is 0 Å². The quantitative estimate of drug-likeness (QED) is 0.0989. The van der Waals surface area contributed by atoms with E-state index in [-0.39, 0.29) is 31.0 Å². The molecule has 0 spiro atoms. The average molecular weight is 763 g/mol. The van der Waals surface area contributed by atoms with Crippen LogP contribution in [0.1, 0.15) is 57.2 Å². The van der Waals surface area contributed by atoms with Crippen molar-refractivity contribution in [1.29, 1.82) is 0 Å². The first-order valence-electron chi connectivity index (χ1n) is 17.6. The molecule has 2 amide bonds. The van der Waals surface area contributed by atoms with E-state index in [4.69, 9.17) is 33.6 Å². The maximum absolute atomic E-state index is 12.9. The molecule has 1 aliphatic rings. The highest BCUT2D eigenvalue weighted by Crippen LogP contribution is 2.20. The summed E-state index contributed by atoms with van der Waals surface area (Å²) in [5.41, 5.74) is 5.59. The van der Waals surface area contributed by atoms with E-state index in [1.54, 1.807) is 38.6 Å². The molecule has 15 heteroatoms. The number of furan rings is 1. The third-order valence-electron chi connectivity index (χ3n) is 7.07. The first-order valence-corrected chi connectivity index (χ1v) is 17.6. The number of aliphatic hydroxyl groups is 2. The van der Waals surface area contributed by atoms with Gasteiger partial charge in [0, 0.05) is 45.0 Å². The monoisotopic (exact) mass is 762 g/mol. The van der Waals surface area contributed by atoms with Crippen LogP contribution in [0.15, 0.2) is 71.5 Å². The van der Waals surface area contributed by atoms with Crippen molar-refractivity contribution in [3.63, 3.8) is 0 Å². The number of carboxylic acid groups (broad SMARTS) is 1. The molecule has 0 aliphatic carbocycles. The Kier molecular flexibility index (Phi) is 27.2. The largest absolute Gasteiger partial charge is 0.497 e. The summed E-state index contributed by atoms with van der Waals surface area (Å²) in [7, 11) is 4.70. The molecule has 2 heterocycles. The molecule has 6 N–H and O–H groups in total. The summed E-state index contributed by atoms with van der Waals surface area (Å²) in [6, 6.07) is 16.7. The van der Waals surface area contributed by atoms with Crippen LogP contribution in [0, 0.1) is 12.3 Å². The number of hydrogen-bond donors (Lipinski definition) is 6. The van der Waals surface area contributed by atoms with Crippen LogP contribution < -0.4 is 25.5 Å². The Morgan fingerprint density at radius 2 is 1.56 bits per heavy atom. The molecule has 304 valence electrons. The number of hydrogen-bond acceptors (Lipinski definition) is 12. The first kappa shape index (κ1) is 49.3. The van der Waals surface area contributed by atoms with Gasteiger partial charge in [0.25, 0.3) is 12.4 Å². The van der Waals surface area contributed by atoms with E-state index in [0.29, 0.717) is 25.4 Å². The number of carbonyl (C=O) groups is 3. The van der Waals surface area contributed by atoms with Gasteiger partial charge in [-0.3, -0.25) is 15.0 Å². The fourth-order valence-electron chi connectivity index (χ4n) is 4.49. The number of hydrazine groups is 1. The van der Waals surface area contributed by atoms with Crippen LogP contribution in [-0.2, 0) is 32.2 Å². The number of likely N-dealkylation sites (N-methyl/N-ethyl adjacent to an activating group) is 1. The van der Waals surface area contributed by atoms with Gasteiger partial charge >= 0.3 is 6.09 Å². The molecule has 15 nitrogen and oxygen atoms in total. The molecule has 1 saturated heterocycles. The normalized spacial score (nSPS) is 12.6. The number of benzene rings is 2. The van der Waals surface area contributed by atoms with Gasteiger partial charge in [-0.1, -0.05) is 50.6 Å². The van der Waals surface area contributed by atoms with Crippen molar-refractivity contribution < 1.29 is 53.1 Å². The van der Waals surface area contributed by atoms with Crippen molar-refractivity contribution >= 4 is 18.5 Å². The molecule has 1 aliphatic heterocycles. The topological polar surface area (TPSA) is 201 Å². The summed E-state index contributed by atoms with van der Waals surface area (Å²) < 4.78 is 24.5. The summed E-state index contributed by atoms with van der Waals surface area (Å²) in [5, 5.41) is 33.3. The van der Waals surface area contributed by atoms with E-state index in [0.717, 1.165) is 30.1 Å². The second-order valence-electron chi connectivity index (χ2n) is 12.8. The van der Waals surface area contributed by atoms with Crippen LogP contribution in [0.4, 0.5) is 4.79 Å². The lowest BCUT2D eigenvalue weighted by molar-refractivity contribution is -0.131. The Morgan fingerprint density at radius 1 is 0.981 bits per heavy atom. The van der Waals surface area contributed by atoms with Crippen LogP contribution in [-0.4, -0.2) is 105 Å². The fraction of sp³-hybridized carbons (Fsp3) is 0.513. The van der Waals surface area contributed by atoms with Gasteiger partial charge in [-0.05, 0) is 75.0 Å². The summed E-state index contributed by atoms with van der Waals surface area (Å²) in [6.07, 6.45) is 3.53. The van der Waals surface area contributed by atoms with Gasteiger partial charge in [-0.15, -0.1) is 0 Å². The molecule has 2 atom stereocenters. The first-order chi connectivity index (χ1) is 25.7. The second kappa shape index (κ2) is 29.7. The zero-order valence-corrected chi connectivity index (χ0v) is 33.0. The molecule has 4 rings (SSSR count). The Labute approximate surface area is 319 Å². The molecule has 0 radical (unpaired) electrons. The summed E-state index contributed by atoms with van der Waals surface area (Å²) in [4.78, 5) is 32.6. The highest BCUT2D eigenvalue weighted by molar-refractivity contribution is 5.82. The summed E-state index contributed by atoms with van der Waals surface area (Å²) >= 11 is 0. The van der Waals surface area contributed by atoms with E-state index >= 15 is 0 Å². The smallest absolute Gasteiger partial charge is 0.404 e. The van der Waals surface area contributed by atoms with Crippen LogP contribution in [0.3, 0.4) is 0 Å². The van der Waals surface area contributed by atoms with E-state index < -0.39 is 18.2 Å². The number of carbonyl (C=O) groups excluding carboxylic acids is 2. The molecular formula is C39H62N4O11. The fourth-order valence-corrected chi connectivity index (χ4v) is 4.49. The van der Waals surface area contributed by atoms with Crippen molar-refractivity contribution in [2.45, 2.75) is 72.8 Å². The Morgan fingerprint density at radius 3 is 1.98 bits per heavy atom. The number of nitrogens with one attached hydrogen (secondary N) is 3. The van der Waals surface area contributed by atoms with Crippen LogP contribution in [0.2, 0.25) is 0 Å². The lowest BCUT2D eigenvalue weighted by atomic mass is 9.86. The van der Waals surface area contributed by atoms with Crippen LogP contribution in [0.25, 0.3) is 0 Å². The van der Waals surface area contributed by atoms with Gasteiger partial charge in [0.05, 0.1) is 38.9 Å². The molecule has 2 unspecified atom stereocenters. The molecule has 1 aromatic heterocycles. The Bertz CT molecular complexity index is 1360. The van der Waals surface area contributed by atoms with Gasteiger partial charge in [0.2, 0.25) is 0 Å². The minimum absolute atomic E-state index is 0.0331. The lowest BCUT2D eigenvalue weighted by Gasteiger charge is -2.33. The number of ether oxygens (including phenoxy) is 4. The Balaban J connectivity index is 0.00000107. The van der Waals surface area contributed by atoms with E-state index in [2.05, 4.69) is 27.7 Å². The predicted octanol–water partition coefficient (Wildman–Crippen LogP) is 4.54. The van der Waals surface area contributed by atoms with Crippen molar-refractivity contribution in [3.8, 4) is 11.5 Å². The van der Waals surface area contributed by atoms with Crippen molar-refractivity contribution in [3.05, 3.63) is 83.8 Å². The second-order valence-corrected chi connectivity index (χ2v) is 12.8. The highest BCUT2D eigenvalue weighted by atomic mass is 16.5. The zero-order valence-electron chi connectivity index (χ0n) is 33.0. The van der Waals surface area contributed by atoms with Gasteiger partial charge in [-0.25, -0.2) is 9.80 Å². The number of rotatable bonds is 14. The zero-order chi connectivity index (χ0) is 40.8. The van der Waals surface area contributed by atoms with Gasteiger partial charge in [0.1, 0.15) is 18.1 Å². The summed E-state index contributed by atoms with van der Waals surface area (Å²) in [5.74, 6) is 1.35. The molecule has 0 saturated carbocycles. The maximum Gasteiger partial charge on any atom is 0.404 e. The maximum atomic E-state index is 12.9. The van der Waals surface area contributed by atoms with Crippen molar-refractivity contribution in [1.82, 2.24) is 21.1 Å². The standard InChI is InChI=1S/C23H34N4O6.C8H10O.C4H8O.C2H4O2.C2H6O/c1-23(2,3)20(24-4)21(29)26-27(13-18(28)11-25-22(30)31)12-16-5-7-19(8-6-16)33-15-17-9-10-32-14-17;1-7-3-5-8(9-2)6-4-7;1-2-4-5-3-1;1-4-2-3;1-2-3/h5-10,14,18,20,24-25,28H,11-13,15H2,1-4H3,(H,26,29)(H,30,31);3-6H,1-2H3;1-4H2;2H,1H3;3H,2H2,1H3.